The number of ether oxygens (including phenoxy) is 2. The fourth-order valence-electron chi connectivity index (χ4n) is 1.77. The molecule has 5 nitrogen and oxygen atoms in total. The van der Waals surface area contributed by atoms with E-state index in [2.05, 4.69) is 5.32 Å². The zero-order chi connectivity index (χ0) is 15.1. The van der Waals surface area contributed by atoms with E-state index < -0.39 is 5.91 Å². The summed E-state index contributed by atoms with van der Waals surface area (Å²) in [6.45, 7) is 0.601. The molecule has 0 fully saturated rings. The Hall–Kier alpha value is -2.69. The Bertz CT molecular complexity index is 579. The van der Waals surface area contributed by atoms with Gasteiger partial charge in [0.15, 0.2) is 6.61 Å². The molecule has 1 amide bonds. The van der Waals surface area contributed by atoms with Crippen molar-refractivity contribution in [3.05, 3.63) is 54.1 Å². The minimum atomic E-state index is -0.489. The molecule has 0 aliphatic rings. The summed E-state index contributed by atoms with van der Waals surface area (Å²) in [5.74, 6) is 0.968. The molecular formula is C16H18N2O3. The van der Waals surface area contributed by atoms with Crippen LogP contribution in [0.25, 0.3) is 0 Å². The fourth-order valence-corrected chi connectivity index (χ4v) is 1.77. The SMILES string of the molecule is COc1ccc(CNc2ccc(OCC(N)=O)cc2)cc1. The number of carbonyl (C=O) groups is 1. The predicted molar refractivity (Wildman–Crippen MR) is 81.5 cm³/mol. The molecule has 0 radical (unpaired) electrons. The summed E-state index contributed by atoms with van der Waals surface area (Å²) in [7, 11) is 1.65. The van der Waals surface area contributed by atoms with Crippen LogP contribution in [0.2, 0.25) is 0 Å². The first-order valence-electron chi connectivity index (χ1n) is 6.55. The first-order valence-corrected chi connectivity index (χ1v) is 6.55. The Kier molecular flexibility index (Phi) is 5.04. The lowest BCUT2D eigenvalue weighted by atomic mass is 10.2. The number of nitrogens with two attached hydrogens (primary N) is 1. The van der Waals surface area contributed by atoms with E-state index in [0.29, 0.717) is 12.3 Å². The van der Waals surface area contributed by atoms with E-state index in [9.17, 15) is 4.79 Å². The zero-order valence-electron chi connectivity index (χ0n) is 11.8. The molecule has 2 aromatic carbocycles. The molecule has 0 saturated heterocycles. The third kappa shape index (κ3) is 4.72. The molecule has 0 bridgehead atoms. The third-order valence-electron chi connectivity index (χ3n) is 2.89. The van der Waals surface area contributed by atoms with Gasteiger partial charge in [0.2, 0.25) is 0 Å². The second-order valence-corrected chi connectivity index (χ2v) is 4.48. The van der Waals surface area contributed by atoms with Gasteiger partial charge < -0.3 is 20.5 Å². The van der Waals surface area contributed by atoms with Gasteiger partial charge in [-0.2, -0.15) is 0 Å². The lowest BCUT2D eigenvalue weighted by Gasteiger charge is -2.09. The highest BCUT2D eigenvalue weighted by Crippen LogP contribution is 2.17. The summed E-state index contributed by atoms with van der Waals surface area (Å²) in [6, 6.07) is 15.2. The number of rotatable bonds is 7. The van der Waals surface area contributed by atoms with Crippen LogP contribution in [-0.4, -0.2) is 19.6 Å². The van der Waals surface area contributed by atoms with Gasteiger partial charge in [0.25, 0.3) is 5.91 Å². The molecule has 3 N–H and O–H groups in total. The Morgan fingerprint density at radius 2 is 1.67 bits per heavy atom. The molecule has 110 valence electrons. The van der Waals surface area contributed by atoms with Crippen molar-refractivity contribution in [3.63, 3.8) is 0 Å². The predicted octanol–water partition coefficient (Wildman–Crippen LogP) is 2.17. The maximum absolute atomic E-state index is 10.6. The minimum Gasteiger partial charge on any atom is -0.497 e. The molecule has 2 rings (SSSR count). The van der Waals surface area contributed by atoms with Crippen LogP contribution in [0.15, 0.2) is 48.5 Å². The van der Waals surface area contributed by atoms with E-state index >= 15 is 0 Å². The van der Waals surface area contributed by atoms with E-state index in [1.165, 1.54) is 0 Å². The second-order valence-electron chi connectivity index (χ2n) is 4.48. The Balaban J connectivity index is 1.86. The van der Waals surface area contributed by atoms with Crippen LogP contribution in [0.1, 0.15) is 5.56 Å². The highest BCUT2D eigenvalue weighted by molar-refractivity contribution is 5.75. The lowest BCUT2D eigenvalue weighted by molar-refractivity contribution is -0.119. The van der Waals surface area contributed by atoms with E-state index in [0.717, 1.165) is 17.0 Å². The Labute approximate surface area is 123 Å². The summed E-state index contributed by atoms with van der Waals surface area (Å²) in [6.07, 6.45) is 0. The number of anilines is 1. The molecular weight excluding hydrogens is 268 g/mol. The van der Waals surface area contributed by atoms with Crippen LogP contribution >= 0.6 is 0 Å². The summed E-state index contributed by atoms with van der Waals surface area (Å²) < 4.78 is 10.3. The Morgan fingerprint density at radius 3 is 2.24 bits per heavy atom. The third-order valence-corrected chi connectivity index (χ3v) is 2.89. The summed E-state index contributed by atoms with van der Waals surface area (Å²) in [5, 5.41) is 3.30. The summed E-state index contributed by atoms with van der Waals surface area (Å²) >= 11 is 0. The Morgan fingerprint density at radius 1 is 1.05 bits per heavy atom. The molecule has 21 heavy (non-hydrogen) atoms. The van der Waals surface area contributed by atoms with Crippen molar-refractivity contribution < 1.29 is 14.3 Å². The van der Waals surface area contributed by atoms with Gasteiger partial charge in [-0.15, -0.1) is 0 Å². The zero-order valence-corrected chi connectivity index (χ0v) is 11.8. The lowest BCUT2D eigenvalue weighted by Crippen LogP contribution is -2.19. The highest BCUT2D eigenvalue weighted by Gasteiger charge is 1.99. The number of primary amides is 1. The number of hydrogen-bond acceptors (Lipinski definition) is 4. The van der Waals surface area contributed by atoms with Crippen molar-refractivity contribution in [1.82, 2.24) is 0 Å². The number of benzene rings is 2. The number of nitrogens with one attached hydrogen (secondary N) is 1. The average molecular weight is 286 g/mol. The average Bonchev–Trinajstić information content (AvgIpc) is 2.52. The van der Waals surface area contributed by atoms with Gasteiger partial charge in [-0.05, 0) is 42.0 Å². The van der Waals surface area contributed by atoms with E-state index in [1.54, 1.807) is 19.2 Å². The number of carbonyl (C=O) groups excluding carboxylic acids is 1. The monoisotopic (exact) mass is 286 g/mol. The highest BCUT2D eigenvalue weighted by atomic mass is 16.5. The van der Waals surface area contributed by atoms with Gasteiger partial charge in [-0.1, -0.05) is 12.1 Å². The largest absolute Gasteiger partial charge is 0.497 e. The molecule has 0 unspecified atom stereocenters. The van der Waals surface area contributed by atoms with Gasteiger partial charge in [-0.25, -0.2) is 0 Å². The van der Waals surface area contributed by atoms with Gasteiger partial charge in [0, 0.05) is 12.2 Å². The first-order chi connectivity index (χ1) is 10.2. The standard InChI is InChI=1S/C16H18N2O3/c1-20-14-6-2-12(3-7-14)10-18-13-4-8-15(9-5-13)21-11-16(17)19/h2-9,18H,10-11H2,1H3,(H2,17,19). The normalized spacial score (nSPS) is 9.95. The van der Waals surface area contributed by atoms with Crippen molar-refractivity contribution >= 4 is 11.6 Å². The minimum absolute atomic E-state index is 0.112. The maximum atomic E-state index is 10.6. The molecule has 0 heterocycles. The van der Waals surface area contributed by atoms with Crippen LogP contribution in [0.4, 0.5) is 5.69 Å². The van der Waals surface area contributed by atoms with E-state index in [-0.39, 0.29) is 6.61 Å². The molecule has 0 saturated carbocycles. The van der Waals surface area contributed by atoms with Crippen molar-refractivity contribution in [2.75, 3.05) is 19.0 Å². The van der Waals surface area contributed by atoms with Crippen molar-refractivity contribution in [2.45, 2.75) is 6.54 Å². The van der Waals surface area contributed by atoms with Crippen LogP contribution < -0.4 is 20.5 Å². The number of methoxy groups -OCH3 is 1. The van der Waals surface area contributed by atoms with Gasteiger partial charge >= 0.3 is 0 Å². The smallest absolute Gasteiger partial charge is 0.255 e. The van der Waals surface area contributed by atoms with E-state index in [4.69, 9.17) is 15.2 Å². The van der Waals surface area contributed by atoms with Crippen molar-refractivity contribution in [1.29, 1.82) is 0 Å². The van der Waals surface area contributed by atoms with Gasteiger partial charge in [-0.3, -0.25) is 4.79 Å². The van der Waals surface area contributed by atoms with Gasteiger partial charge in [0.1, 0.15) is 11.5 Å². The quantitative estimate of drug-likeness (QED) is 0.818. The fraction of sp³-hybridized carbons (Fsp3) is 0.188. The van der Waals surface area contributed by atoms with Crippen LogP contribution in [0, 0.1) is 0 Å². The first kappa shape index (κ1) is 14.7. The number of hydrogen-bond donors (Lipinski definition) is 2. The van der Waals surface area contributed by atoms with Crippen LogP contribution in [0.3, 0.4) is 0 Å². The molecule has 0 aromatic heterocycles. The van der Waals surface area contributed by atoms with Gasteiger partial charge in [0.05, 0.1) is 7.11 Å². The van der Waals surface area contributed by atoms with Crippen molar-refractivity contribution in [2.24, 2.45) is 5.73 Å². The maximum Gasteiger partial charge on any atom is 0.255 e. The molecule has 0 atom stereocenters. The van der Waals surface area contributed by atoms with Crippen LogP contribution in [-0.2, 0) is 11.3 Å². The number of amides is 1. The molecule has 5 heteroatoms. The van der Waals surface area contributed by atoms with Crippen molar-refractivity contribution in [3.8, 4) is 11.5 Å². The molecule has 0 aliphatic heterocycles. The summed E-state index contributed by atoms with van der Waals surface area (Å²) in [4.78, 5) is 10.6. The second kappa shape index (κ2) is 7.19. The summed E-state index contributed by atoms with van der Waals surface area (Å²) in [5.41, 5.74) is 7.14. The van der Waals surface area contributed by atoms with Crippen LogP contribution in [0.5, 0.6) is 11.5 Å². The molecule has 0 aliphatic carbocycles. The topological polar surface area (TPSA) is 73.6 Å². The van der Waals surface area contributed by atoms with E-state index in [1.807, 2.05) is 36.4 Å². The molecule has 0 spiro atoms. The molecule has 2 aromatic rings.